The Morgan fingerprint density at radius 1 is 1.13 bits per heavy atom. The molecule has 1 aliphatic heterocycles. The molecule has 1 amide bonds. The zero-order chi connectivity index (χ0) is 16.2. The fourth-order valence-corrected chi connectivity index (χ4v) is 4.10. The smallest absolute Gasteiger partial charge is 0.223 e. The number of likely N-dealkylation sites (tertiary alicyclic amines) is 1. The van der Waals surface area contributed by atoms with Gasteiger partial charge in [0.2, 0.25) is 5.91 Å². The number of rotatable bonds is 5. The molecule has 1 fully saturated rings. The number of carbonyl (C=O) groups excluding carboxylic acids is 1. The molecule has 0 saturated carbocycles. The Hall–Kier alpha value is -1.46. The maximum absolute atomic E-state index is 12.2. The van der Waals surface area contributed by atoms with E-state index in [-0.39, 0.29) is 11.3 Å². The number of carbonyl (C=O) groups is 1. The van der Waals surface area contributed by atoms with Crippen molar-refractivity contribution in [2.45, 2.75) is 23.1 Å². The van der Waals surface area contributed by atoms with E-state index >= 15 is 0 Å². The third-order valence-electron chi connectivity index (χ3n) is 3.86. The van der Waals surface area contributed by atoms with Gasteiger partial charge in [-0.2, -0.15) is 0 Å². The van der Waals surface area contributed by atoms with Gasteiger partial charge in [0.15, 0.2) is 0 Å². The van der Waals surface area contributed by atoms with Gasteiger partial charge in [0.1, 0.15) is 11.1 Å². The molecule has 1 saturated heterocycles. The summed E-state index contributed by atoms with van der Waals surface area (Å²) in [5, 5.41) is 0.00601. The Morgan fingerprint density at radius 3 is 2.39 bits per heavy atom. The van der Waals surface area contributed by atoms with Gasteiger partial charge in [0.25, 0.3) is 0 Å². The van der Waals surface area contributed by atoms with Crippen LogP contribution in [-0.2, 0) is 4.79 Å². The molecule has 0 N–H and O–H groups in total. The molecule has 3 nitrogen and oxygen atoms in total. The second-order valence-corrected chi connectivity index (χ2v) is 7.46. The molecule has 0 spiro atoms. The summed E-state index contributed by atoms with van der Waals surface area (Å²) < 4.78 is 6.25. The summed E-state index contributed by atoms with van der Waals surface area (Å²) in [4.78, 5) is 15.3. The van der Waals surface area contributed by atoms with E-state index in [1.165, 1.54) is 0 Å². The Bertz CT molecular complexity index is 672. The lowest BCUT2D eigenvalue weighted by Gasteiger charge is -2.28. The summed E-state index contributed by atoms with van der Waals surface area (Å²) in [5.74, 6) is 1.07. The topological polar surface area (TPSA) is 29.5 Å². The number of hydrogen-bond acceptors (Lipinski definition) is 3. The summed E-state index contributed by atoms with van der Waals surface area (Å²) in [6.07, 6.45) is 1.59. The highest BCUT2D eigenvalue weighted by molar-refractivity contribution is 9.10. The van der Waals surface area contributed by atoms with Gasteiger partial charge < -0.3 is 9.64 Å². The van der Waals surface area contributed by atoms with Crippen LogP contribution in [0.3, 0.4) is 0 Å². The van der Waals surface area contributed by atoms with E-state index in [4.69, 9.17) is 4.74 Å². The predicted molar refractivity (Wildman–Crippen MR) is 96.7 cm³/mol. The molecule has 120 valence electrons. The average Bonchev–Trinajstić information content (AvgIpc) is 3.00. The van der Waals surface area contributed by atoms with E-state index in [2.05, 4.69) is 28.1 Å². The summed E-state index contributed by atoms with van der Waals surface area (Å²) in [7, 11) is 1.66. The summed E-state index contributed by atoms with van der Waals surface area (Å²) in [6.45, 7) is 0.822. The minimum absolute atomic E-state index is 0.00601. The number of nitrogens with zero attached hydrogens (tertiary/aromatic N) is 1. The molecular weight excluding hydrogens is 374 g/mol. The highest BCUT2D eigenvalue weighted by atomic mass is 79.9. The molecule has 0 aromatic heterocycles. The monoisotopic (exact) mass is 391 g/mol. The number of thioether (sulfide) groups is 1. The molecule has 3 rings (SSSR count). The van der Waals surface area contributed by atoms with Crippen molar-refractivity contribution in [1.29, 1.82) is 0 Å². The van der Waals surface area contributed by atoms with Crippen LogP contribution in [-0.4, -0.2) is 24.5 Å². The summed E-state index contributed by atoms with van der Waals surface area (Å²) in [5.41, 5.74) is 1.14. The van der Waals surface area contributed by atoms with E-state index in [0.29, 0.717) is 6.42 Å². The van der Waals surface area contributed by atoms with Crippen LogP contribution in [0.2, 0.25) is 0 Å². The Morgan fingerprint density at radius 2 is 1.83 bits per heavy atom. The molecule has 23 heavy (non-hydrogen) atoms. The van der Waals surface area contributed by atoms with Crippen LogP contribution in [0.25, 0.3) is 0 Å². The number of methoxy groups -OCH3 is 1. The van der Waals surface area contributed by atoms with Crippen molar-refractivity contribution >= 4 is 33.6 Å². The minimum Gasteiger partial charge on any atom is -0.497 e. The van der Waals surface area contributed by atoms with Crippen molar-refractivity contribution in [3.05, 3.63) is 58.6 Å². The number of benzene rings is 2. The minimum atomic E-state index is 0.00601. The lowest BCUT2D eigenvalue weighted by atomic mass is 10.2. The van der Waals surface area contributed by atoms with Crippen LogP contribution in [0.4, 0.5) is 0 Å². The first-order valence-corrected chi connectivity index (χ1v) is 9.20. The molecule has 1 aliphatic rings. The standard InChI is InChI=1S/C18H18BrNO2S/c1-22-15-8-10-16(11-9-15)23-18(20-12-2-3-17(20)21)13-4-6-14(19)7-5-13/h4-11,18H,2-3,12H2,1H3. The predicted octanol–water partition coefficient (Wildman–Crippen LogP) is 4.87. The average molecular weight is 392 g/mol. The van der Waals surface area contributed by atoms with Crippen LogP contribution in [0.5, 0.6) is 5.75 Å². The fraction of sp³-hybridized carbons (Fsp3) is 0.278. The second kappa shape index (κ2) is 7.41. The normalized spacial score (nSPS) is 15.7. The molecule has 0 aliphatic carbocycles. The first-order valence-electron chi connectivity index (χ1n) is 7.53. The Balaban J connectivity index is 1.87. The number of amides is 1. The molecule has 2 aromatic carbocycles. The van der Waals surface area contributed by atoms with Crippen molar-refractivity contribution in [2.24, 2.45) is 0 Å². The van der Waals surface area contributed by atoms with Gasteiger partial charge in [0.05, 0.1) is 7.11 Å². The van der Waals surface area contributed by atoms with E-state index < -0.39 is 0 Å². The number of hydrogen-bond donors (Lipinski definition) is 0. The van der Waals surface area contributed by atoms with Crippen LogP contribution in [0, 0.1) is 0 Å². The van der Waals surface area contributed by atoms with Crippen molar-refractivity contribution < 1.29 is 9.53 Å². The van der Waals surface area contributed by atoms with Gasteiger partial charge in [-0.3, -0.25) is 4.79 Å². The van der Waals surface area contributed by atoms with E-state index in [1.807, 2.05) is 41.3 Å². The van der Waals surface area contributed by atoms with Gasteiger partial charge in [-0.1, -0.05) is 39.8 Å². The van der Waals surface area contributed by atoms with Gasteiger partial charge >= 0.3 is 0 Å². The molecule has 0 radical (unpaired) electrons. The number of halogens is 1. The van der Waals surface area contributed by atoms with Crippen molar-refractivity contribution in [1.82, 2.24) is 4.90 Å². The van der Waals surface area contributed by atoms with Gasteiger partial charge in [-0.25, -0.2) is 0 Å². The SMILES string of the molecule is COc1ccc(SC(c2ccc(Br)cc2)N2CCCC2=O)cc1. The van der Waals surface area contributed by atoms with Gasteiger partial charge in [-0.15, -0.1) is 0 Å². The maximum Gasteiger partial charge on any atom is 0.223 e. The fourth-order valence-electron chi connectivity index (χ4n) is 2.64. The lowest BCUT2D eigenvalue weighted by molar-refractivity contribution is -0.128. The third kappa shape index (κ3) is 3.90. The van der Waals surface area contributed by atoms with Crippen molar-refractivity contribution in [2.75, 3.05) is 13.7 Å². The van der Waals surface area contributed by atoms with Crippen molar-refractivity contribution in [3.63, 3.8) is 0 Å². The van der Waals surface area contributed by atoms with Gasteiger partial charge in [0, 0.05) is 22.3 Å². The molecule has 5 heteroatoms. The summed E-state index contributed by atoms with van der Waals surface area (Å²) >= 11 is 5.17. The van der Waals surface area contributed by atoms with E-state index in [0.717, 1.165) is 33.6 Å². The molecule has 2 aromatic rings. The highest BCUT2D eigenvalue weighted by Crippen LogP contribution is 2.40. The first kappa shape index (κ1) is 16.4. The van der Waals surface area contributed by atoms with E-state index in [9.17, 15) is 4.79 Å². The zero-order valence-electron chi connectivity index (χ0n) is 12.9. The molecular formula is C18H18BrNO2S. The van der Waals surface area contributed by atoms with Crippen LogP contribution >= 0.6 is 27.7 Å². The van der Waals surface area contributed by atoms with Crippen LogP contribution in [0.15, 0.2) is 57.9 Å². The molecule has 1 heterocycles. The van der Waals surface area contributed by atoms with Crippen LogP contribution < -0.4 is 4.74 Å². The first-order chi connectivity index (χ1) is 11.2. The quantitative estimate of drug-likeness (QED) is 0.680. The summed E-state index contributed by atoms with van der Waals surface area (Å²) in [6, 6.07) is 16.2. The third-order valence-corrected chi connectivity index (χ3v) is 5.68. The van der Waals surface area contributed by atoms with E-state index in [1.54, 1.807) is 18.9 Å². The molecule has 0 bridgehead atoms. The Kier molecular flexibility index (Phi) is 5.28. The largest absolute Gasteiger partial charge is 0.497 e. The van der Waals surface area contributed by atoms with Crippen LogP contribution in [0.1, 0.15) is 23.8 Å². The van der Waals surface area contributed by atoms with Gasteiger partial charge in [-0.05, 0) is 48.4 Å². The second-order valence-electron chi connectivity index (χ2n) is 5.39. The molecule has 1 unspecified atom stereocenters. The maximum atomic E-state index is 12.2. The molecule has 1 atom stereocenters. The lowest BCUT2D eigenvalue weighted by Crippen LogP contribution is -2.27. The number of ether oxygens (including phenoxy) is 1. The highest BCUT2D eigenvalue weighted by Gasteiger charge is 2.29. The van der Waals surface area contributed by atoms with Crippen molar-refractivity contribution in [3.8, 4) is 5.75 Å². The Labute approximate surface area is 149 Å². The zero-order valence-corrected chi connectivity index (χ0v) is 15.3.